The summed E-state index contributed by atoms with van der Waals surface area (Å²) < 4.78 is 5.61. The van der Waals surface area contributed by atoms with E-state index in [4.69, 9.17) is 16.3 Å². The summed E-state index contributed by atoms with van der Waals surface area (Å²) >= 11 is 0. The quantitative estimate of drug-likeness (QED) is 0.516. The van der Waals surface area contributed by atoms with Crippen molar-refractivity contribution in [1.29, 1.82) is 0 Å². The SMILES string of the molecule is COC1(C(NN)c2cnccc2N)CCC1. The van der Waals surface area contributed by atoms with E-state index >= 15 is 0 Å². The topological polar surface area (TPSA) is 86.2 Å². The highest BCUT2D eigenvalue weighted by atomic mass is 16.5. The Morgan fingerprint density at radius 1 is 1.56 bits per heavy atom. The van der Waals surface area contributed by atoms with Gasteiger partial charge in [-0.05, 0) is 25.3 Å². The third kappa shape index (κ3) is 1.67. The molecular weight excluding hydrogens is 204 g/mol. The Morgan fingerprint density at radius 3 is 2.75 bits per heavy atom. The molecule has 0 spiro atoms. The number of methoxy groups -OCH3 is 1. The number of nitrogens with zero attached hydrogens (tertiary/aromatic N) is 1. The first-order valence-electron chi connectivity index (χ1n) is 5.44. The molecule has 1 aromatic rings. The molecule has 0 bridgehead atoms. The molecule has 1 aliphatic rings. The summed E-state index contributed by atoms with van der Waals surface area (Å²) in [7, 11) is 1.72. The molecule has 88 valence electrons. The number of hydrogen-bond acceptors (Lipinski definition) is 5. The third-order valence-electron chi connectivity index (χ3n) is 3.50. The monoisotopic (exact) mass is 222 g/mol. The van der Waals surface area contributed by atoms with Gasteiger partial charge < -0.3 is 10.5 Å². The minimum absolute atomic E-state index is 0.0973. The highest BCUT2D eigenvalue weighted by Crippen LogP contribution is 2.45. The van der Waals surface area contributed by atoms with Crippen molar-refractivity contribution < 1.29 is 4.74 Å². The first kappa shape index (κ1) is 11.3. The first-order valence-corrected chi connectivity index (χ1v) is 5.44. The van der Waals surface area contributed by atoms with Gasteiger partial charge >= 0.3 is 0 Å². The Kier molecular flexibility index (Phi) is 3.09. The number of nitrogen functional groups attached to an aromatic ring is 1. The zero-order valence-corrected chi connectivity index (χ0v) is 9.44. The lowest BCUT2D eigenvalue weighted by Crippen LogP contribution is -2.52. The summed E-state index contributed by atoms with van der Waals surface area (Å²) in [6, 6.07) is 1.68. The van der Waals surface area contributed by atoms with E-state index in [2.05, 4.69) is 10.4 Å². The summed E-state index contributed by atoms with van der Waals surface area (Å²) in [6.07, 6.45) is 6.57. The average Bonchev–Trinajstić information content (AvgIpc) is 2.25. The van der Waals surface area contributed by atoms with Crippen molar-refractivity contribution in [2.75, 3.05) is 12.8 Å². The second kappa shape index (κ2) is 4.37. The van der Waals surface area contributed by atoms with Crippen LogP contribution in [0.3, 0.4) is 0 Å². The maximum absolute atomic E-state index is 5.94. The summed E-state index contributed by atoms with van der Waals surface area (Å²) in [5.74, 6) is 5.63. The molecule has 1 atom stereocenters. The predicted octanol–water partition coefficient (Wildman–Crippen LogP) is 0.737. The second-order valence-corrected chi connectivity index (χ2v) is 4.23. The van der Waals surface area contributed by atoms with Gasteiger partial charge in [-0.2, -0.15) is 0 Å². The van der Waals surface area contributed by atoms with Gasteiger partial charge in [0, 0.05) is 30.8 Å². The molecule has 0 aromatic carbocycles. The fourth-order valence-electron chi connectivity index (χ4n) is 2.32. The normalized spacial score (nSPS) is 20.1. The summed E-state index contributed by atoms with van der Waals surface area (Å²) in [6.45, 7) is 0. The van der Waals surface area contributed by atoms with Crippen LogP contribution in [0, 0.1) is 0 Å². The maximum atomic E-state index is 5.94. The Bertz CT molecular complexity index is 359. The van der Waals surface area contributed by atoms with Gasteiger partial charge in [0.25, 0.3) is 0 Å². The van der Waals surface area contributed by atoms with Gasteiger partial charge in [-0.25, -0.2) is 5.43 Å². The van der Waals surface area contributed by atoms with Crippen LogP contribution in [-0.4, -0.2) is 17.7 Å². The Morgan fingerprint density at radius 2 is 2.31 bits per heavy atom. The molecule has 5 nitrogen and oxygen atoms in total. The largest absolute Gasteiger partial charge is 0.398 e. The number of anilines is 1. The lowest BCUT2D eigenvalue weighted by molar-refractivity contribution is -0.0998. The molecule has 5 N–H and O–H groups in total. The number of nitrogens with one attached hydrogen (secondary N) is 1. The van der Waals surface area contributed by atoms with Crippen LogP contribution in [-0.2, 0) is 4.74 Å². The van der Waals surface area contributed by atoms with E-state index in [0.717, 1.165) is 24.8 Å². The van der Waals surface area contributed by atoms with E-state index in [-0.39, 0.29) is 11.6 Å². The Hall–Kier alpha value is -1.17. The zero-order valence-electron chi connectivity index (χ0n) is 9.44. The predicted molar refractivity (Wildman–Crippen MR) is 62.3 cm³/mol. The highest BCUT2D eigenvalue weighted by Gasteiger charge is 2.45. The van der Waals surface area contributed by atoms with Gasteiger partial charge in [-0.1, -0.05) is 0 Å². The molecule has 16 heavy (non-hydrogen) atoms. The van der Waals surface area contributed by atoms with E-state index < -0.39 is 0 Å². The molecule has 1 aromatic heterocycles. The third-order valence-corrected chi connectivity index (χ3v) is 3.50. The van der Waals surface area contributed by atoms with Crippen molar-refractivity contribution in [3.63, 3.8) is 0 Å². The minimum Gasteiger partial charge on any atom is -0.398 e. The maximum Gasteiger partial charge on any atom is 0.0886 e. The van der Waals surface area contributed by atoms with Crippen LogP contribution in [0.15, 0.2) is 18.5 Å². The van der Waals surface area contributed by atoms with Gasteiger partial charge in [-0.15, -0.1) is 0 Å². The summed E-state index contributed by atoms with van der Waals surface area (Å²) in [5, 5.41) is 0. The van der Waals surface area contributed by atoms with Gasteiger partial charge in [-0.3, -0.25) is 10.8 Å². The second-order valence-electron chi connectivity index (χ2n) is 4.23. The average molecular weight is 222 g/mol. The van der Waals surface area contributed by atoms with Crippen molar-refractivity contribution >= 4 is 5.69 Å². The molecule has 0 saturated heterocycles. The molecule has 1 unspecified atom stereocenters. The van der Waals surface area contributed by atoms with Crippen LogP contribution >= 0.6 is 0 Å². The molecule has 1 aliphatic carbocycles. The zero-order chi connectivity index (χ0) is 11.6. The van der Waals surface area contributed by atoms with Crippen LogP contribution in [0.4, 0.5) is 5.69 Å². The Labute approximate surface area is 95.1 Å². The lowest BCUT2D eigenvalue weighted by Gasteiger charge is -2.46. The van der Waals surface area contributed by atoms with Gasteiger partial charge in [0.15, 0.2) is 0 Å². The molecule has 5 heteroatoms. The fourth-order valence-corrected chi connectivity index (χ4v) is 2.32. The molecule has 2 rings (SSSR count). The van der Waals surface area contributed by atoms with Crippen molar-refractivity contribution in [3.8, 4) is 0 Å². The van der Waals surface area contributed by atoms with Crippen molar-refractivity contribution in [3.05, 3.63) is 24.0 Å². The van der Waals surface area contributed by atoms with Crippen molar-refractivity contribution in [2.45, 2.75) is 30.9 Å². The van der Waals surface area contributed by atoms with Gasteiger partial charge in [0.1, 0.15) is 0 Å². The summed E-state index contributed by atoms with van der Waals surface area (Å²) in [5.41, 5.74) is 10.1. The molecule has 1 fully saturated rings. The van der Waals surface area contributed by atoms with E-state index in [1.54, 1.807) is 25.6 Å². The number of hydrazine groups is 1. The fraction of sp³-hybridized carbons (Fsp3) is 0.545. The van der Waals surface area contributed by atoms with Crippen molar-refractivity contribution in [2.24, 2.45) is 5.84 Å². The van der Waals surface area contributed by atoms with Crippen LogP contribution < -0.4 is 17.0 Å². The molecular formula is C11H18N4O. The summed E-state index contributed by atoms with van der Waals surface area (Å²) in [4.78, 5) is 4.09. The number of hydrogen-bond donors (Lipinski definition) is 3. The van der Waals surface area contributed by atoms with Crippen LogP contribution in [0.5, 0.6) is 0 Å². The van der Waals surface area contributed by atoms with Gasteiger partial charge in [0.2, 0.25) is 0 Å². The number of aromatic nitrogens is 1. The lowest BCUT2D eigenvalue weighted by atomic mass is 9.72. The molecule has 0 aliphatic heterocycles. The Balaban J connectivity index is 2.32. The number of rotatable bonds is 4. The molecule has 0 amide bonds. The van der Waals surface area contributed by atoms with E-state index in [0.29, 0.717) is 5.69 Å². The molecule has 1 heterocycles. The van der Waals surface area contributed by atoms with Crippen molar-refractivity contribution in [1.82, 2.24) is 10.4 Å². The first-order chi connectivity index (χ1) is 7.73. The smallest absolute Gasteiger partial charge is 0.0886 e. The van der Waals surface area contributed by atoms with Crippen LogP contribution in [0.2, 0.25) is 0 Å². The number of nitrogens with two attached hydrogens (primary N) is 2. The molecule has 1 saturated carbocycles. The van der Waals surface area contributed by atoms with Crippen LogP contribution in [0.1, 0.15) is 30.9 Å². The number of ether oxygens (including phenoxy) is 1. The number of pyridine rings is 1. The molecule has 0 radical (unpaired) electrons. The van der Waals surface area contributed by atoms with E-state index in [9.17, 15) is 0 Å². The minimum atomic E-state index is -0.230. The highest BCUT2D eigenvalue weighted by molar-refractivity contribution is 5.47. The van der Waals surface area contributed by atoms with E-state index in [1.807, 2.05) is 0 Å². The van der Waals surface area contributed by atoms with Crippen LogP contribution in [0.25, 0.3) is 0 Å². The standard InChI is InChI=1S/C11H18N4O/c1-16-11(4-2-5-11)10(15-13)8-7-14-6-3-9(8)12/h3,6-7,10,15H,2,4-5,13H2,1H3,(H2,12,14). The van der Waals surface area contributed by atoms with Gasteiger partial charge in [0.05, 0.1) is 11.6 Å². The van der Waals surface area contributed by atoms with E-state index in [1.165, 1.54) is 0 Å².